The Morgan fingerprint density at radius 1 is 1.33 bits per heavy atom. The second kappa shape index (κ2) is 4.14. The average molecular weight is 224 g/mol. The van der Waals surface area contributed by atoms with E-state index >= 15 is 0 Å². The Balaban J connectivity index is 2.09. The van der Waals surface area contributed by atoms with Crippen LogP contribution in [0.25, 0.3) is 0 Å². The van der Waals surface area contributed by atoms with Crippen LogP contribution in [0.3, 0.4) is 0 Å². The smallest absolute Gasteiger partial charge is 0.307 e. The summed E-state index contributed by atoms with van der Waals surface area (Å²) in [5.74, 6) is -0.842. The molecule has 0 heterocycles. The van der Waals surface area contributed by atoms with E-state index in [2.05, 4.69) is 0 Å². The number of carbonyl (C=O) groups is 1. The number of rotatable bonds is 4. The SMILES string of the molecule is O=C(O)Cc1ccc([S@](=O)C2CC2)cc1. The highest BCUT2D eigenvalue weighted by Gasteiger charge is 2.29. The van der Waals surface area contributed by atoms with Gasteiger partial charge in [0, 0.05) is 10.1 Å². The Labute approximate surface area is 90.6 Å². The molecule has 0 aliphatic heterocycles. The van der Waals surface area contributed by atoms with Crippen molar-refractivity contribution in [2.24, 2.45) is 0 Å². The Morgan fingerprint density at radius 3 is 2.40 bits per heavy atom. The van der Waals surface area contributed by atoms with Gasteiger partial charge in [0.05, 0.1) is 17.2 Å². The quantitative estimate of drug-likeness (QED) is 0.844. The van der Waals surface area contributed by atoms with E-state index in [1.165, 1.54) is 0 Å². The van der Waals surface area contributed by atoms with Gasteiger partial charge in [0.25, 0.3) is 0 Å². The second-order valence-electron chi connectivity index (χ2n) is 3.71. The van der Waals surface area contributed by atoms with Crippen molar-refractivity contribution >= 4 is 16.8 Å². The van der Waals surface area contributed by atoms with Gasteiger partial charge in [-0.3, -0.25) is 9.00 Å². The maximum atomic E-state index is 11.7. The second-order valence-corrected chi connectivity index (χ2v) is 5.44. The third-order valence-electron chi connectivity index (χ3n) is 2.34. The molecule has 1 saturated carbocycles. The molecule has 1 aromatic rings. The predicted molar refractivity (Wildman–Crippen MR) is 57.2 cm³/mol. The van der Waals surface area contributed by atoms with E-state index in [4.69, 9.17) is 5.11 Å². The van der Waals surface area contributed by atoms with Crippen LogP contribution >= 0.6 is 0 Å². The third-order valence-corrected chi connectivity index (χ3v) is 4.15. The summed E-state index contributed by atoms with van der Waals surface area (Å²) in [5, 5.41) is 8.91. The van der Waals surface area contributed by atoms with Crippen LogP contribution in [0.1, 0.15) is 18.4 Å². The van der Waals surface area contributed by atoms with E-state index in [1.54, 1.807) is 24.3 Å². The number of benzene rings is 1. The zero-order valence-corrected chi connectivity index (χ0v) is 9.00. The molecule has 4 heteroatoms. The molecule has 1 aromatic carbocycles. The van der Waals surface area contributed by atoms with Gasteiger partial charge in [0.15, 0.2) is 0 Å². The predicted octanol–water partition coefficient (Wildman–Crippen LogP) is 1.58. The van der Waals surface area contributed by atoms with Gasteiger partial charge in [0.2, 0.25) is 0 Å². The molecule has 0 aromatic heterocycles. The molecule has 1 aliphatic carbocycles. The number of hydrogen-bond acceptors (Lipinski definition) is 2. The van der Waals surface area contributed by atoms with Crippen LogP contribution in [0.15, 0.2) is 29.2 Å². The number of aliphatic carboxylic acids is 1. The van der Waals surface area contributed by atoms with Crippen LogP contribution in [-0.2, 0) is 22.0 Å². The first-order valence-corrected chi connectivity index (χ1v) is 6.09. The van der Waals surface area contributed by atoms with Gasteiger partial charge < -0.3 is 5.11 Å². The minimum absolute atomic E-state index is 0.0242. The summed E-state index contributed by atoms with van der Waals surface area (Å²) < 4.78 is 11.7. The topological polar surface area (TPSA) is 54.4 Å². The fourth-order valence-corrected chi connectivity index (χ4v) is 2.74. The zero-order chi connectivity index (χ0) is 10.8. The van der Waals surface area contributed by atoms with Gasteiger partial charge in [-0.2, -0.15) is 0 Å². The fourth-order valence-electron chi connectivity index (χ4n) is 1.39. The summed E-state index contributed by atoms with van der Waals surface area (Å²) in [4.78, 5) is 11.3. The molecule has 1 aliphatic rings. The maximum Gasteiger partial charge on any atom is 0.307 e. The molecule has 15 heavy (non-hydrogen) atoms. The summed E-state index contributed by atoms with van der Waals surface area (Å²) in [7, 11) is -0.892. The zero-order valence-electron chi connectivity index (χ0n) is 8.18. The van der Waals surface area contributed by atoms with Crippen molar-refractivity contribution in [2.45, 2.75) is 29.4 Å². The molecule has 1 fully saturated rings. The molecule has 0 radical (unpaired) electrons. The largest absolute Gasteiger partial charge is 0.481 e. The molecule has 0 spiro atoms. The van der Waals surface area contributed by atoms with Crippen LogP contribution < -0.4 is 0 Å². The van der Waals surface area contributed by atoms with E-state index < -0.39 is 16.8 Å². The lowest BCUT2D eigenvalue weighted by Crippen LogP contribution is -2.01. The average Bonchev–Trinajstić information content (AvgIpc) is 3.00. The van der Waals surface area contributed by atoms with E-state index in [9.17, 15) is 9.00 Å². The first kappa shape index (κ1) is 10.4. The lowest BCUT2D eigenvalue weighted by molar-refractivity contribution is -0.136. The lowest BCUT2D eigenvalue weighted by atomic mass is 10.2. The van der Waals surface area contributed by atoms with Crippen LogP contribution in [-0.4, -0.2) is 20.5 Å². The number of hydrogen-bond donors (Lipinski definition) is 1. The minimum Gasteiger partial charge on any atom is -0.481 e. The summed E-state index contributed by atoms with van der Waals surface area (Å²) in [5.41, 5.74) is 0.749. The molecule has 2 rings (SSSR count). The van der Waals surface area contributed by atoms with E-state index in [0.29, 0.717) is 5.25 Å². The van der Waals surface area contributed by atoms with Crippen molar-refractivity contribution in [3.8, 4) is 0 Å². The number of carboxylic acids is 1. The normalized spacial score (nSPS) is 17.3. The fraction of sp³-hybridized carbons (Fsp3) is 0.364. The van der Waals surface area contributed by atoms with Gasteiger partial charge in [0.1, 0.15) is 0 Å². The molecule has 0 amide bonds. The summed E-state index contributed by atoms with van der Waals surface area (Å²) in [6.07, 6.45) is 2.11. The van der Waals surface area contributed by atoms with Gasteiger partial charge >= 0.3 is 5.97 Å². The van der Waals surface area contributed by atoms with Crippen LogP contribution in [0, 0.1) is 0 Å². The third kappa shape index (κ3) is 2.65. The maximum absolute atomic E-state index is 11.7. The van der Waals surface area contributed by atoms with Gasteiger partial charge in [-0.15, -0.1) is 0 Å². The lowest BCUT2D eigenvalue weighted by Gasteiger charge is -2.01. The van der Waals surface area contributed by atoms with Gasteiger partial charge in [-0.1, -0.05) is 12.1 Å². The van der Waals surface area contributed by atoms with Crippen molar-refractivity contribution in [2.75, 3.05) is 0 Å². The van der Waals surface area contributed by atoms with Crippen LogP contribution in [0.5, 0.6) is 0 Å². The van der Waals surface area contributed by atoms with Crippen molar-refractivity contribution < 1.29 is 14.1 Å². The molecule has 0 unspecified atom stereocenters. The highest BCUT2D eigenvalue weighted by atomic mass is 32.2. The highest BCUT2D eigenvalue weighted by Crippen LogP contribution is 2.30. The van der Waals surface area contributed by atoms with Crippen LogP contribution in [0.4, 0.5) is 0 Å². The van der Waals surface area contributed by atoms with Crippen molar-refractivity contribution in [1.29, 1.82) is 0 Å². The van der Waals surface area contributed by atoms with E-state index in [0.717, 1.165) is 23.3 Å². The van der Waals surface area contributed by atoms with Crippen LogP contribution in [0.2, 0.25) is 0 Å². The van der Waals surface area contributed by atoms with Crippen molar-refractivity contribution in [3.63, 3.8) is 0 Å². The van der Waals surface area contributed by atoms with Crippen molar-refractivity contribution in [3.05, 3.63) is 29.8 Å². The van der Waals surface area contributed by atoms with Gasteiger partial charge in [-0.05, 0) is 30.5 Å². The molecule has 1 atom stereocenters. The molecule has 3 nitrogen and oxygen atoms in total. The standard InChI is InChI=1S/C11H12O3S/c12-11(13)7-8-1-3-9(4-2-8)15(14)10-5-6-10/h1-4,10H,5-7H2,(H,12,13)/t15-/m0/s1. The van der Waals surface area contributed by atoms with E-state index in [-0.39, 0.29) is 6.42 Å². The van der Waals surface area contributed by atoms with E-state index in [1.807, 2.05) is 0 Å². The minimum atomic E-state index is -0.892. The Morgan fingerprint density at radius 2 is 1.93 bits per heavy atom. The summed E-state index contributed by atoms with van der Waals surface area (Å²) >= 11 is 0. The van der Waals surface area contributed by atoms with Crippen molar-refractivity contribution in [1.82, 2.24) is 0 Å². The Hall–Kier alpha value is -1.16. The molecule has 1 N–H and O–H groups in total. The first-order chi connectivity index (χ1) is 7.16. The summed E-state index contributed by atoms with van der Waals surface area (Å²) in [6.45, 7) is 0. The van der Waals surface area contributed by atoms with Gasteiger partial charge in [-0.25, -0.2) is 0 Å². The summed E-state index contributed by atoms with van der Waals surface area (Å²) in [6, 6.07) is 7.02. The Bertz CT molecular complexity index is 393. The molecular weight excluding hydrogens is 212 g/mol. The molecule has 80 valence electrons. The first-order valence-electron chi connectivity index (χ1n) is 4.88. The number of carboxylic acid groups (broad SMARTS) is 1. The molecule has 0 bridgehead atoms. The monoisotopic (exact) mass is 224 g/mol. The Kier molecular flexibility index (Phi) is 2.86. The molecule has 0 saturated heterocycles. The highest BCUT2D eigenvalue weighted by molar-refractivity contribution is 7.86. The molecular formula is C11H12O3S.